The molecule has 0 amide bonds. The third-order valence-corrected chi connectivity index (χ3v) is 1.63. The molecule has 0 aromatic heterocycles. The van der Waals surface area contributed by atoms with Crippen LogP contribution in [-0.2, 0) is 9.53 Å². The van der Waals surface area contributed by atoms with Gasteiger partial charge in [-0.25, -0.2) is 0 Å². The Kier molecular flexibility index (Phi) is 7.24. The topological polar surface area (TPSA) is 76.1 Å². The first kappa shape index (κ1) is 12.5. The Balaban J connectivity index is 3.55. The summed E-state index contributed by atoms with van der Waals surface area (Å²) in [5, 5.41) is 8.25. The summed E-state index contributed by atoms with van der Waals surface area (Å²) in [7, 11) is 0. The van der Waals surface area contributed by atoms with Crippen molar-refractivity contribution < 1.29 is 9.53 Å². The van der Waals surface area contributed by atoms with Crippen LogP contribution in [0.2, 0.25) is 0 Å². The minimum Gasteiger partial charge on any atom is -0.466 e. The average Bonchev–Trinajstić information content (AvgIpc) is 2.16. The van der Waals surface area contributed by atoms with Gasteiger partial charge in [-0.1, -0.05) is 13.3 Å². The highest BCUT2D eigenvalue weighted by Crippen LogP contribution is 2.00. The molecule has 4 heteroatoms. The Labute approximate surface area is 84.3 Å². The molecule has 2 N–H and O–H groups in total. The predicted octanol–water partition coefficient (Wildman–Crippen LogP) is 1.48. The van der Waals surface area contributed by atoms with Crippen molar-refractivity contribution in [2.24, 2.45) is 5.73 Å². The van der Waals surface area contributed by atoms with Gasteiger partial charge in [0.25, 0.3) is 0 Å². The molecular formula is C10H16N2O2. The van der Waals surface area contributed by atoms with E-state index in [0.717, 1.165) is 12.8 Å². The molecule has 0 bridgehead atoms. The number of ether oxygens (including phenoxy) is 1. The molecular weight excluding hydrogens is 180 g/mol. The van der Waals surface area contributed by atoms with Gasteiger partial charge in [0, 0.05) is 11.8 Å². The number of carbonyl (C=O) groups is 1. The van der Waals surface area contributed by atoms with E-state index in [1.165, 1.54) is 6.08 Å². The number of rotatable bonds is 6. The average molecular weight is 196 g/mol. The van der Waals surface area contributed by atoms with Gasteiger partial charge in [0.2, 0.25) is 0 Å². The molecule has 0 aromatic rings. The highest BCUT2D eigenvalue weighted by Gasteiger charge is 2.02. The van der Waals surface area contributed by atoms with Gasteiger partial charge in [-0.05, 0) is 12.8 Å². The lowest BCUT2D eigenvalue weighted by Gasteiger charge is -2.03. The predicted molar refractivity (Wildman–Crippen MR) is 53.0 cm³/mol. The molecule has 0 unspecified atom stereocenters. The Bertz CT molecular complexity index is 241. The molecule has 78 valence electrons. The Morgan fingerprint density at radius 2 is 2.29 bits per heavy atom. The lowest BCUT2D eigenvalue weighted by Crippen LogP contribution is -2.07. The van der Waals surface area contributed by atoms with E-state index < -0.39 is 0 Å². The van der Waals surface area contributed by atoms with Gasteiger partial charge in [0.15, 0.2) is 0 Å². The number of nitrogens with two attached hydrogens (primary N) is 1. The van der Waals surface area contributed by atoms with Crippen molar-refractivity contribution in [2.45, 2.75) is 32.6 Å². The van der Waals surface area contributed by atoms with Gasteiger partial charge < -0.3 is 10.5 Å². The summed E-state index contributed by atoms with van der Waals surface area (Å²) in [6.45, 7) is 2.50. The zero-order chi connectivity index (χ0) is 10.8. The quantitative estimate of drug-likeness (QED) is 0.396. The molecule has 0 saturated heterocycles. The Morgan fingerprint density at radius 3 is 2.86 bits per heavy atom. The maximum atomic E-state index is 11.0. The molecule has 0 heterocycles. The maximum absolute atomic E-state index is 11.0. The fraction of sp³-hybridized carbons (Fsp3) is 0.600. The number of nitriles is 1. The molecule has 0 radical (unpaired) electrons. The first-order valence-electron chi connectivity index (χ1n) is 4.70. The molecule has 0 spiro atoms. The number of carbonyl (C=O) groups excluding carboxylic acids is 1. The lowest BCUT2D eigenvalue weighted by molar-refractivity contribution is -0.143. The fourth-order valence-corrected chi connectivity index (χ4v) is 0.804. The van der Waals surface area contributed by atoms with Crippen LogP contribution in [0.15, 0.2) is 11.8 Å². The summed E-state index contributed by atoms with van der Waals surface area (Å²) in [4.78, 5) is 11.0. The summed E-state index contributed by atoms with van der Waals surface area (Å²) < 4.78 is 4.91. The second kappa shape index (κ2) is 8.11. The lowest BCUT2D eigenvalue weighted by atomic mass is 10.2. The Morgan fingerprint density at radius 1 is 1.57 bits per heavy atom. The minimum absolute atomic E-state index is 0.244. The van der Waals surface area contributed by atoms with Gasteiger partial charge in [-0.2, -0.15) is 5.26 Å². The molecule has 14 heavy (non-hydrogen) atoms. The maximum Gasteiger partial charge on any atom is 0.306 e. The molecule has 0 aliphatic heterocycles. The van der Waals surface area contributed by atoms with E-state index in [1.807, 2.05) is 6.92 Å². The highest BCUT2D eigenvalue weighted by molar-refractivity contribution is 5.69. The summed E-state index contributed by atoms with van der Waals surface area (Å²) >= 11 is 0. The highest BCUT2D eigenvalue weighted by atomic mass is 16.5. The van der Waals surface area contributed by atoms with Gasteiger partial charge >= 0.3 is 5.97 Å². The van der Waals surface area contributed by atoms with Gasteiger partial charge in [-0.15, -0.1) is 0 Å². The van der Waals surface area contributed by atoms with Crippen LogP contribution in [0.5, 0.6) is 0 Å². The van der Waals surface area contributed by atoms with Crippen LogP contribution in [0, 0.1) is 11.3 Å². The molecule has 0 aliphatic rings. The minimum atomic E-state index is -0.257. The van der Waals surface area contributed by atoms with Crippen molar-refractivity contribution in [3.63, 3.8) is 0 Å². The number of nitrogens with zero attached hydrogens (tertiary/aromatic N) is 1. The van der Waals surface area contributed by atoms with Crippen LogP contribution in [0.4, 0.5) is 0 Å². The summed E-state index contributed by atoms with van der Waals surface area (Å²) in [5.74, 6) is -0.257. The van der Waals surface area contributed by atoms with Crippen molar-refractivity contribution in [3.8, 4) is 6.07 Å². The zero-order valence-corrected chi connectivity index (χ0v) is 8.45. The monoisotopic (exact) mass is 196 g/mol. The van der Waals surface area contributed by atoms with Crippen molar-refractivity contribution in [3.05, 3.63) is 11.8 Å². The number of unbranched alkanes of at least 4 members (excludes halogenated alkanes) is 1. The second-order valence-corrected chi connectivity index (χ2v) is 2.92. The second-order valence-electron chi connectivity index (χ2n) is 2.92. The van der Waals surface area contributed by atoms with Crippen molar-refractivity contribution in [2.75, 3.05) is 6.61 Å². The third kappa shape index (κ3) is 7.17. The van der Waals surface area contributed by atoms with E-state index >= 15 is 0 Å². The van der Waals surface area contributed by atoms with E-state index in [0.29, 0.717) is 18.7 Å². The fourth-order valence-electron chi connectivity index (χ4n) is 0.804. The largest absolute Gasteiger partial charge is 0.466 e. The molecule has 4 nitrogen and oxygen atoms in total. The van der Waals surface area contributed by atoms with Gasteiger partial charge in [-0.3, -0.25) is 4.79 Å². The Hall–Kier alpha value is -1.50. The zero-order valence-electron chi connectivity index (χ0n) is 8.45. The van der Waals surface area contributed by atoms with Crippen LogP contribution in [-0.4, -0.2) is 12.6 Å². The normalized spacial score (nSPS) is 10.7. The number of esters is 1. The first-order chi connectivity index (χ1) is 6.70. The van der Waals surface area contributed by atoms with E-state index in [1.54, 1.807) is 6.07 Å². The van der Waals surface area contributed by atoms with Crippen LogP contribution in [0.1, 0.15) is 32.6 Å². The smallest absolute Gasteiger partial charge is 0.306 e. The number of allylic oxidation sites excluding steroid dienone is 2. The molecule has 0 aliphatic carbocycles. The van der Waals surface area contributed by atoms with Crippen LogP contribution in [0.25, 0.3) is 0 Å². The first-order valence-corrected chi connectivity index (χ1v) is 4.70. The van der Waals surface area contributed by atoms with Crippen molar-refractivity contribution in [1.82, 2.24) is 0 Å². The summed E-state index contributed by atoms with van der Waals surface area (Å²) in [6, 6.07) is 1.80. The molecule has 0 saturated carbocycles. The summed E-state index contributed by atoms with van der Waals surface area (Å²) in [5.41, 5.74) is 5.83. The van der Waals surface area contributed by atoms with Crippen molar-refractivity contribution in [1.29, 1.82) is 5.26 Å². The van der Waals surface area contributed by atoms with E-state index in [2.05, 4.69) is 0 Å². The molecule has 0 aromatic carbocycles. The van der Waals surface area contributed by atoms with Crippen molar-refractivity contribution >= 4 is 5.97 Å². The van der Waals surface area contributed by atoms with Crippen LogP contribution in [0.3, 0.4) is 0 Å². The molecule has 0 atom stereocenters. The number of hydrogen-bond acceptors (Lipinski definition) is 4. The van der Waals surface area contributed by atoms with Gasteiger partial charge in [0.05, 0.1) is 19.1 Å². The van der Waals surface area contributed by atoms with E-state index in [-0.39, 0.29) is 12.4 Å². The molecule has 0 fully saturated rings. The van der Waals surface area contributed by atoms with E-state index in [9.17, 15) is 4.79 Å². The van der Waals surface area contributed by atoms with Crippen LogP contribution >= 0.6 is 0 Å². The molecule has 0 rings (SSSR count). The van der Waals surface area contributed by atoms with E-state index in [4.69, 9.17) is 15.7 Å². The standard InChI is InChI=1S/C10H16N2O2/c1-2-3-8-14-10(13)5-4-9(12)6-7-11/h6H,2-5,8,12H2,1H3. The van der Waals surface area contributed by atoms with Gasteiger partial charge in [0.1, 0.15) is 0 Å². The summed E-state index contributed by atoms with van der Waals surface area (Å²) in [6.07, 6.45) is 3.75. The SMILES string of the molecule is CCCCOC(=O)CCC(N)=CC#N. The number of hydrogen-bond donors (Lipinski definition) is 1. The third-order valence-electron chi connectivity index (χ3n) is 1.63. The van der Waals surface area contributed by atoms with Crippen LogP contribution < -0.4 is 5.73 Å².